The number of aryl methyl sites for hydroxylation is 2. The van der Waals surface area contributed by atoms with Crippen molar-refractivity contribution in [3.63, 3.8) is 0 Å². The maximum atomic E-state index is 13.6. The monoisotopic (exact) mass is 424 g/mol. The van der Waals surface area contributed by atoms with Crippen LogP contribution in [0.15, 0.2) is 88.7 Å². The number of amides is 1. The van der Waals surface area contributed by atoms with E-state index in [2.05, 4.69) is 4.98 Å². The van der Waals surface area contributed by atoms with Crippen LogP contribution in [0.5, 0.6) is 0 Å². The summed E-state index contributed by atoms with van der Waals surface area (Å²) in [5.74, 6) is -1.72. The average Bonchev–Trinajstić information content (AvgIpc) is 3.35. The highest BCUT2D eigenvalue weighted by molar-refractivity contribution is 6.20. The molecule has 1 aliphatic rings. The fourth-order valence-electron chi connectivity index (χ4n) is 4.11. The zero-order chi connectivity index (χ0) is 22.4. The molecule has 1 N–H and O–H groups in total. The summed E-state index contributed by atoms with van der Waals surface area (Å²) < 4.78 is 5.75. The molecule has 0 bridgehead atoms. The fourth-order valence-corrected chi connectivity index (χ4v) is 4.11. The Morgan fingerprint density at radius 3 is 2.56 bits per heavy atom. The Balaban J connectivity index is 1.69. The van der Waals surface area contributed by atoms with Crippen LogP contribution in [0.4, 0.5) is 5.69 Å². The number of anilines is 1. The maximum absolute atomic E-state index is 13.6. The number of para-hydroxylation sites is 1. The number of furan rings is 1. The highest BCUT2D eigenvalue weighted by Gasteiger charge is 2.46. The minimum atomic E-state index is -0.884. The number of ketones is 1. The van der Waals surface area contributed by atoms with E-state index < -0.39 is 23.5 Å². The van der Waals surface area contributed by atoms with Gasteiger partial charge >= 0.3 is 0 Å². The molecule has 1 amide bonds. The number of hydrogen-bond donors (Lipinski definition) is 1. The summed E-state index contributed by atoms with van der Waals surface area (Å²) in [6.45, 7) is 3.81. The topological polar surface area (TPSA) is 83.6 Å². The van der Waals surface area contributed by atoms with Gasteiger partial charge in [0.25, 0.3) is 5.91 Å². The smallest absolute Gasteiger partial charge is 0.294 e. The molecule has 0 spiro atoms. The Hall–Kier alpha value is -4.19. The van der Waals surface area contributed by atoms with Crippen molar-refractivity contribution in [3.8, 4) is 0 Å². The van der Waals surface area contributed by atoms with Crippen LogP contribution in [0.1, 0.15) is 33.4 Å². The molecule has 1 aliphatic heterocycles. The number of aliphatic hydroxyl groups is 1. The molecule has 2 aromatic carbocycles. The summed E-state index contributed by atoms with van der Waals surface area (Å²) in [4.78, 5) is 32.7. The van der Waals surface area contributed by atoms with Gasteiger partial charge in [-0.3, -0.25) is 19.5 Å². The van der Waals surface area contributed by atoms with Crippen LogP contribution in [0.25, 0.3) is 11.0 Å². The molecule has 2 aromatic heterocycles. The predicted molar refractivity (Wildman–Crippen MR) is 121 cm³/mol. The highest BCUT2D eigenvalue weighted by Crippen LogP contribution is 2.42. The fraction of sp³-hybridized carbons (Fsp3) is 0.115. The van der Waals surface area contributed by atoms with Crippen LogP contribution in [0, 0.1) is 13.8 Å². The Bertz CT molecular complexity index is 1370. The van der Waals surface area contributed by atoms with Crippen molar-refractivity contribution < 1.29 is 19.1 Å². The van der Waals surface area contributed by atoms with Gasteiger partial charge in [0.05, 0.1) is 11.3 Å². The van der Waals surface area contributed by atoms with E-state index in [1.807, 2.05) is 50.2 Å². The molecule has 6 heteroatoms. The lowest BCUT2D eigenvalue weighted by Gasteiger charge is -2.27. The van der Waals surface area contributed by atoms with Crippen molar-refractivity contribution in [2.75, 3.05) is 4.90 Å². The molecular weight excluding hydrogens is 404 g/mol. The van der Waals surface area contributed by atoms with Crippen molar-refractivity contribution in [3.05, 3.63) is 107 Å². The number of rotatable bonds is 4. The second kappa shape index (κ2) is 7.50. The van der Waals surface area contributed by atoms with E-state index in [1.54, 1.807) is 36.5 Å². The predicted octanol–water partition coefficient (Wildman–Crippen LogP) is 5.23. The lowest BCUT2D eigenvalue weighted by Crippen LogP contribution is -2.32. The molecule has 0 saturated heterocycles. The normalized spacial score (nSPS) is 16.2. The molecule has 0 radical (unpaired) electrons. The van der Waals surface area contributed by atoms with Crippen molar-refractivity contribution in [1.29, 1.82) is 0 Å². The number of nitrogens with zero attached hydrogens (tertiary/aromatic N) is 2. The van der Waals surface area contributed by atoms with Gasteiger partial charge in [0.2, 0.25) is 5.78 Å². The number of hydrogen-bond acceptors (Lipinski definition) is 5. The standard InChI is InChI=1S/C26H20N2O4/c1-15-10-11-16(2)19(13-15)28-23(18-8-5-6-12-27-18)22(25(30)26(28)31)24(29)21-14-17-7-3-4-9-20(17)32-21/h3-14,23,30H,1-2H3. The number of Topliss-reactive ketones (excluding diaryl/α,β-unsaturated/α-hetero) is 1. The minimum absolute atomic E-state index is 0.0475. The van der Waals surface area contributed by atoms with E-state index >= 15 is 0 Å². The Labute approximate surface area is 184 Å². The van der Waals surface area contributed by atoms with Crippen LogP contribution < -0.4 is 4.90 Å². The van der Waals surface area contributed by atoms with E-state index in [4.69, 9.17) is 4.42 Å². The summed E-state index contributed by atoms with van der Waals surface area (Å²) in [6, 6.07) is 19.0. The quantitative estimate of drug-likeness (QED) is 0.454. The number of benzene rings is 2. The highest BCUT2D eigenvalue weighted by atomic mass is 16.3. The second-order valence-electron chi connectivity index (χ2n) is 7.86. The molecule has 1 atom stereocenters. The average molecular weight is 424 g/mol. The zero-order valence-corrected chi connectivity index (χ0v) is 17.6. The third kappa shape index (κ3) is 3.08. The molecule has 6 nitrogen and oxygen atoms in total. The lowest BCUT2D eigenvalue weighted by atomic mass is 9.97. The van der Waals surface area contributed by atoms with Gasteiger partial charge in [0.1, 0.15) is 11.6 Å². The molecule has 5 rings (SSSR count). The molecule has 0 fully saturated rings. The minimum Gasteiger partial charge on any atom is -0.503 e. The van der Waals surface area contributed by atoms with Gasteiger partial charge in [-0.2, -0.15) is 0 Å². The van der Waals surface area contributed by atoms with Gasteiger partial charge in [0.15, 0.2) is 11.5 Å². The van der Waals surface area contributed by atoms with Crippen molar-refractivity contribution >= 4 is 28.3 Å². The Kier molecular flexibility index (Phi) is 4.63. The van der Waals surface area contributed by atoms with Crippen LogP contribution in [-0.4, -0.2) is 21.8 Å². The van der Waals surface area contributed by atoms with Crippen LogP contribution in [-0.2, 0) is 4.79 Å². The van der Waals surface area contributed by atoms with E-state index in [1.165, 1.54) is 4.90 Å². The summed E-state index contributed by atoms with van der Waals surface area (Å²) >= 11 is 0. The number of carbonyl (C=O) groups is 2. The Morgan fingerprint density at radius 2 is 1.81 bits per heavy atom. The molecule has 0 aliphatic carbocycles. The third-order valence-electron chi connectivity index (χ3n) is 5.69. The van der Waals surface area contributed by atoms with Gasteiger partial charge in [-0.15, -0.1) is 0 Å². The lowest BCUT2D eigenvalue weighted by molar-refractivity contribution is -0.117. The number of carbonyl (C=O) groups excluding carboxylic acids is 2. The second-order valence-corrected chi connectivity index (χ2v) is 7.86. The van der Waals surface area contributed by atoms with Crippen molar-refractivity contribution in [2.45, 2.75) is 19.9 Å². The first-order valence-electron chi connectivity index (χ1n) is 10.2. The molecule has 0 saturated carbocycles. The molecule has 158 valence electrons. The van der Waals surface area contributed by atoms with Gasteiger partial charge in [-0.05, 0) is 55.3 Å². The van der Waals surface area contributed by atoms with Gasteiger partial charge < -0.3 is 9.52 Å². The van der Waals surface area contributed by atoms with E-state index in [0.29, 0.717) is 17.0 Å². The molecule has 1 unspecified atom stereocenters. The first-order chi connectivity index (χ1) is 15.5. The van der Waals surface area contributed by atoms with Crippen LogP contribution in [0.2, 0.25) is 0 Å². The van der Waals surface area contributed by atoms with Gasteiger partial charge in [-0.25, -0.2) is 0 Å². The van der Waals surface area contributed by atoms with Crippen LogP contribution >= 0.6 is 0 Å². The largest absolute Gasteiger partial charge is 0.503 e. The SMILES string of the molecule is Cc1ccc(C)c(N2C(=O)C(O)=C(C(=O)c3cc4ccccc4o3)C2c2ccccn2)c1. The van der Waals surface area contributed by atoms with E-state index in [9.17, 15) is 14.7 Å². The Morgan fingerprint density at radius 1 is 1.03 bits per heavy atom. The van der Waals surface area contributed by atoms with E-state index in [0.717, 1.165) is 16.5 Å². The third-order valence-corrected chi connectivity index (χ3v) is 5.69. The number of aliphatic hydroxyl groups excluding tert-OH is 1. The van der Waals surface area contributed by atoms with Gasteiger partial charge in [0, 0.05) is 17.3 Å². The van der Waals surface area contributed by atoms with Gasteiger partial charge in [-0.1, -0.05) is 36.4 Å². The molecule has 4 aromatic rings. The molecule has 32 heavy (non-hydrogen) atoms. The molecular formula is C26H20N2O4. The maximum Gasteiger partial charge on any atom is 0.294 e. The number of pyridine rings is 1. The van der Waals surface area contributed by atoms with Crippen molar-refractivity contribution in [1.82, 2.24) is 4.98 Å². The summed E-state index contributed by atoms with van der Waals surface area (Å²) in [5, 5.41) is 11.7. The van der Waals surface area contributed by atoms with E-state index in [-0.39, 0.29) is 11.3 Å². The van der Waals surface area contributed by atoms with Crippen molar-refractivity contribution in [2.24, 2.45) is 0 Å². The number of fused-ring (bicyclic) bond motifs is 1. The first kappa shape index (κ1) is 19.8. The summed E-state index contributed by atoms with van der Waals surface area (Å²) in [7, 11) is 0. The first-order valence-corrected chi connectivity index (χ1v) is 10.2. The number of aromatic nitrogens is 1. The summed E-state index contributed by atoms with van der Waals surface area (Å²) in [5.41, 5.74) is 3.40. The summed E-state index contributed by atoms with van der Waals surface area (Å²) in [6.07, 6.45) is 1.60. The van der Waals surface area contributed by atoms with Crippen LogP contribution in [0.3, 0.4) is 0 Å². The molecule has 3 heterocycles. The zero-order valence-electron chi connectivity index (χ0n) is 17.6.